The van der Waals surface area contributed by atoms with Crippen molar-refractivity contribution in [1.29, 1.82) is 0 Å². The van der Waals surface area contributed by atoms with E-state index in [1.807, 2.05) is 18.2 Å². The third-order valence-corrected chi connectivity index (χ3v) is 7.74. The van der Waals surface area contributed by atoms with Crippen LogP contribution in [-0.4, -0.2) is 72.2 Å². The lowest BCUT2D eigenvalue weighted by atomic mass is 10.0. The summed E-state index contributed by atoms with van der Waals surface area (Å²) in [7, 11) is -3.94. The van der Waals surface area contributed by atoms with Gasteiger partial charge in [0.2, 0.25) is 5.95 Å². The number of hydrogen-bond acceptors (Lipinski definition) is 8. The minimum atomic E-state index is -3.94. The summed E-state index contributed by atoms with van der Waals surface area (Å²) < 4.78 is 57.3. The lowest BCUT2D eigenvalue weighted by molar-refractivity contribution is -0.135. The summed E-state index contributed by atoms with van der Waals surface area (Å²) in [6.45, 7) is 1.76. The van der Waals surface area contributed by atoms with E-state index in [0.717, 1.165) is 17.5 Å². The number of amides is 1. The molecule has 0 aliphatic carbocycles. The second kappa shape index (κ2) is 10.0. The monoisotopic (exact) mass is 529 g/mol. The van der Waals surface area contributed by atoms with Gasteiger partial charge >= 0.3 is 0 Å². The van der Waals surface area contributed by atoms with Crippen LogP contribution < -0.4 is 9.64 Å². The number of rotatable bonds is 6. The second-order valence-electron chi connectivity index (χ2n) is 9.12. The summed E-state index contributed by atoms with van der Waals surface area (Å²) >= 11 is 0. The Labute approximate surface area is 213 Å². The van der Waals surface area contributed by atoms with Crippen molar-refractivity contribution >= 4 is 21.7 Å². The van der Waals surface area contributed by atoms with Crippen molar-refractivity contribution in [2.24, 2.45) is 0 Å². The number of pyridine rings is 1. The predicted molar refractivity (Wildman–Crippen MR) is 131 cm³/mol. The molecule has 0 N–H and O–H groups in total. The van der Waals surface area contributed by atoms with Gasteiger partial charge in [0.05, 0.1) is 5.69 Å². The van der Waals surface area contributed by atoms with Crippen LogP contribution >= 0.6 is 0 Å². The summed E-state index contributed by atoms with van der Waals surface area (Å²) in [5, 5.41) is 0. The lowest BCUT2D eigenvalue weighted by Gasteiger charge is -2.36. The van der Waals surface area contributed by atoms with E-state index in [2.05, 4.69) is 19.9 Å². The SMILES string of the molecule is CS(=O)(=O)c1cc(F)c(OC2CCN(C3CCN(c4ncc(-c5ccccn5)cn4)CC3)C2=O)cc1F. The number of hydrogen-bond donors (Lipinski definition) is 0. The molecule has 0 radical (unpaired) electrons. The number of carbonyl (C=O) groups is 1. The van der Waals surface area contributed by atoms with Crippen molar-refractivity contribution in [2.75, 3.05) is 30.8 Å². The van der Waals surface area contributed by atoms with Gasteiger partial charge in [-0.15, -0.1) is 0 Å². The van der Waals surface area contributed by atoms with Crippen LogP contribution in [0.5, 0.6) is 5.75 Å². The molecule has 1 atom stereocenters. The van der Waals surface area contributed by atoms with E-state index in [0.29, 0.717) is 57.0 Å². The Morgan fingerprint density at radius 2 is 1.70 bits per heavy atom. The highest BCUT2D eigenvalue weighted by atomic mass is 32.2. The average molecular weight is 530 g/mol. The second-order valence-corrected chi connectivity index (χ2v) is 11.1. The molecule has 5 rings (SSSR count). The third kappa shape index (κ3) is 5.24. The number of halogens is 2. The quantitative estimate of drug-likeness (QED) is 0.480. The molecular weight excluding hydrogens is 504 g/mol. The first-order chi connectivity index (χ1) is 17.7. The van der Waals surface area contributed by atoms with E-state index in [9.17, 15) is 22.0 Å². The first-order valence-corrected chi connectivity index (χ1v) is 13.7. The molecule has 1 aromatic carbocycles. The van der Waals surface area contributed by atoms with E-state index >= 15 is 0 Å². The van der Waals surface area contributed by atoms with E-state index in [-0.39, 0.29) is 11.9 Å². The highest BCUT2D eigenvalue weighted by molar-refractivity contribution is 7.90. The Kier molecular flexibility index (Phi) is 6.76. The van der Waals surface area contributed by atoms with Crippen molar-refractivity contribution in [3.05, 3.63) is 60.6 Å². The Hall–Kier alpha value is -3.67. The fraction of sp³-hybridized carbons (Fsp3) is 0.360. The number of sulfone groups is 1. The lowest BCUT2D eigenvalue weighted by Crippen LogP contribution is -2.47. The molecule has 37 heavy (non-hydrogen) atoms. The summed E-state index contributed by atoms with van der Waals surface area (Å²) in [6, 6.07) is 6.89. The molecule has 3 aromatic rings. The maximum absolute atomic E-state index is 14.4. The molecule has 1 amide bonds. The summed E-state index contributed by atoms with van der Waals surface area (Å²) in [5.41, 5.74) is 1.63. The van der Waals surface area contributed by atoms with Gasteiger partial charge in [-0.3, -0.25) is 9.78 Å². The van der Waals surface area contributed by atoms with Crippen LogP contribution in [0.15, 0.2) is 53.8 Å². The predicted octanol–water partition coefficient (Wildman–Crippen LogP) is 2.87. The van der Waals surface area contributed by atoms with Gasteiger partial charge in [-0.25, -0.2) is 27.2 Å². The number of ether oxygens (including phenoxy) is 1. The molecule has 12 heteroatoms. The first kappa shape index (κ1) is 25.0. The fourth-order valence-corrected chi connectivity index (χ4v) is 5.44. The van der Waals surface area contributed by atoms with Crippen molar-refractivity contribution in [1.82, 2.24) is 19.9 Å². The molecule has 0 spiro atoms. The molecule has 2 saturated heterocycles. The van der Waals surface area contributed by atoms with Crippen LogP contribution in [0.2, 0.25) is 0 Å². The standard InChI is InChI=1S/C25H25F2N5O4S/c1-37(34,35)23-13-18(26)22(12-19(23)27)36-21-7-11-32(24(21)33)17-5-9-31(10-6-17)25-29-14-16(15-30-25)20-4-2-3-8-28-20/h2-4,8,12-15,17,21H,5-7,9-11H2,1H3. The minimum Gasteiger partial charge on any atom is -0.477 e. The van der Waals surface area contributed by atoms with Gasteiger partial charge in [0.15, 0.2) is 27.5 Å². The molecule has 2 aliphatic heterocycles. The normalized spacial score (nSPS) is 18.9. The zero-order valence-electron chi connectivity index (χ0n) is 20.0. The Morgan fingerprint density at radius 3 is 2.35 bits per heavy atom. The summed E-state index contributed by atoms with van der Waals surface area (Å²) in [5.74, 6) is -2.31. The third-order valence-electron chi connectivity index (χ3n) is 6.63. The Balaban J connectivity index is 1.19. The van der Waals surface area contributed by atoms with E-state index in [4.69, 9.17) is 4.74 Å². The number of anilines is 1. The van der Waals surface area contributed by atoms with Crippen LogP contribution in [0, 0.1) is 11.6 Å². The number of piperidine rings is 1. The number of likely N-dealkylation sites (tertiary alicyclic amines) is 1. The Morgan fingerprint density at radius 1 is 0.973 bits per heavy atom. The van der Waals surface area contributed by atoms with Crippen LogP contribution in [-0.2, 0) is 14.6 Å². The zero-order valence-corrected chi connectivity index (χ0v) is 20.9. The molecule has 1 unspecified atom stereocenters. The van der Waals surface area contributed by atoms with Crippen LogP contribution in [0.1, 0.15) is 19.3 Å². The Bertz CT molecular complexity index is 1400. The average Bonchev–Trinajstić information content (AvgIpc) is 3.26. The van der Waals surface area contributed by atoms with E-state index in [1.165, 1.54) is 0 Å². The van der Waals surface area contributed by atoms with Crippen molar-refractivity contribution < 1.29 is 26.7 Å². The molecule has 0 saturated carbocycles. The topological polar surface area (TPSA) is 106 Å². The van der Waals surface area contributed by atoms with Crippen molar-refractivity contribution in [2.45, 2.75) is 36.3 Å². The zero-order chi connectivity index (χ0) is 26.2. The van der Waals surface area contributed by atoms with Gasteiger partial charge < -0.3 is 14.5 Å². The van der Waals surface area contributed by atoms with E-state index < -0.39 is 38.2 Å². The number of nitrogens with zero attached hydrogens (tertiary/aromatic N) is 5. The van der Waals surface area contributed by atoms with Gasteiger partial charge in [0.25, 0.3) is 5.91 Å². The number of aromatic nitrogens is 3. The summed E-state index contributed by atoms with van der Waals surface area (Å²) in [4.78, 5) is 29.3. The maximum atomic E-state index is 14.4. The van der Waals surface area contributed by atoms with E-state index in [1.54, 1.807) is 23.5 Å². The fourth-order valence-electron chi connectivity index (χ4n) is 4.71. The van der Waals surface area contributed by atoms with Crippen molar-refractivity contribution in [3.8, 4) is 17.0 Å². The van der Waals surface area contributed by atoms with Gasteiger partial charge in [0.1, 0.15) is 10.7 Å². The molecule has 194 valence electrons. The molecule has 2 aromatic heterocycles. The van der Waals surface area contributed by atoms with Gasteiger partial charge in [-0.1, -0.05) is 6.07 Å². The van der Waals surface area contributed by atoms with Gasteiger partial charge in [0, 0.05) is 68.6 Å². The van der Waals surface area contributed by atoms with Crippen molar-refractivity contribution in [3.63, 3.8) is 0 Å². The minimum absolute atomic E-state index is 0.0145. The highest BCUT2D eigenvalue weighted by Crippen LogP contribution is 2.30. The van der Waals surface area contributed by atoms with Gasteiger partial charge in [-0.05, 0) is 31.0 Å². The van der Waals surface area contributed by atoms with Crippen LogP contribution in [0.25, 0.3) is 11.3 Å². The maximum Gasteiger partial charge on any atom is 0.263 e. The molecule has 2 fully saturated rings. The molecule has 0 bridgehead atoms. The smallest absolute Gasteiger partial charge is 0.263 e. The van der Waals surface area contributed by atoms with Crippen LogP contribution in [0.4, 0.5) is 14.7 Å². The van der Waals surface area contributed by atoms with Crippen LogP contribution in [0.3, 0.4) is 0 Å². The molecule has 2 aliphatic rings. The molecule has 9 nitrogen and oxygen atoms in total. The molecular formula is C25H25F2N5O4S. The number of carbonyl (C=O) groups excluding carboxylic acids is 1. The molecule has 4 heterocycles. The number of benzene rings is 1. The highest BCUT2D eigenvalue weighted by Gasteiger charge is 2.39. The van der Waals surface area contributed by atoms with Gasteiger partial charge in [-0.2, -0.15) is 0 Å². The first-order valence-electron chi connectivity index (χ1n) is 11.9. The largest absolute Gasteiger partial charge is 0.477 e. The summed E-state index contributed by atoms with van der Waals surface area (Å²) in [6.07, 6.45) is 6.77.